The van der Waals surface area contributed by atoms with Gasteiger partial charge in [0.05, 0.1) is 17.1 Å². The van der Waals surface area contributed by atoms with Crippen molar-refractivity contribution in [2.75, 3.05) is 5.32 Å². The van der Waals surface area contributed by atoms with Crippen LogP contribution in [0.15, 0.2) is 46.2 Å². The fourth-order valence-electron chi connectivity index (χ4n) is 2.44. The Bertz CT molecular complexity index is 977. The van der Waals surface area contributed by atoms with Crippen LogP contribution in [-0.4, -0.2) is 31.8 Å². The predicted octanol–water partition coefficient (Wildman–Crippen LogP) is 2.60. The number of thioether (sulfide) groups is 1. The van der Waals surface area contributed by atoms with E-state index >= 15 is 0 Å². The topological polar surface area (TPSA) is 116 Å². The van der Waals surface area contributed by atoms with E-state index in [0.717, 1.165) is 11.3 Å². The molecule has 3 aromatic rings. The Morgan fingerprint density at radius 3 is 2.52 bits per heavy atom. The van der Waals surface area contributed by atoms with Crippen LogP contribution in [0.25, 0.3) is 11.4 Å². The number of hydrogen-bond acceptors (Lipinski definition) is 6. The van der Waals surface area contributed by atoms with Gasteiger partial charge in [-0.05, 0) is 44.2 Å². The highest BCUT2D eigenvalue weighted by Crippen LogP contribution is 2.28. The summed E-state index contributed by atoms with van der Waals surface area (Å²) < 4.78 is 7.14. The smallest absolute Gasteiger partial charge is 0.248 e. The van der Waals surface area contributed by atoms with Crippen LogP contribution < -0.4 is 11.1 Å². The number of anilines is 1. The Morgan fingerprint density at radius 2 is 1.93 bits per heavy atom. The third-order valence-corrected chi connectivity index (χ3v) is 5.16. The molecule has 0 spiro atoms. The number of aryl methyl sites for hydroxylation is 1. The lowest BCUT2D eigenvalue weighted by Gasteiger charge is -2.12. The Morgan fingerprint density at radius 1 is 1.22 bits per heavy atom. The number of amides is 2. The lowest BCUT2D eigenvalue weighted by molar-refractivity contribution is -0.115. The fourth-order valence-corrected chi connectivity index (χ4v) is 3.26. The second kappa shape index (κ2) is 7.67. The van der Waals surface area contributed by atoms with Crippen molar-refractivity contribution >= 4 is 29.3 Å². The molecule has 8 nitrogen and oxygen atoms in total. The highest BCUT2D eigenvalue weighted by atomic mass is 32.2. The van der Waals surface area contributed by atoms with Gasteiger partial charge in [-0.2, -0.15) is 0 Å². The van der Waals surface area contributed by atoms with Crippen molar-refractivity contribution in [3.05, 3.63) is 47.9 Å². The summed E-state index contributed by atoms with van der Waals surface area (Å²) in [5.74, 6) is 0.740. The monoisotopic (exact) mass is 385 g/mol. The average Bonchev–Trinajstić information content (AvgIpc) is 3.21. The zero-order valence-electron chi connectivity index (χ0n) is 15.1. The summed E-state index contributed by atoms with van der Waals surface area (Å²) in [6.45, 7) is 3.64. The van der Waals surface area contributed by atoms with Crippen LogP contribution in [0, 0.1) is 6.92 Å². The molecule has 140 valence electrons. The normalized spacial score (nSPS) is 12.0. The largest absolute Gasteiger partial charge is 0.469 e. The van der Waals surface area contributed by atoms with Gasteiger partial charge in [0.15, 0.2) is 11.0 Å². The molecule has 2 heterocycles. The second-order valence-electron chi connectivity index (χ2n) is 5.95. The van der Waals surface area contributed by atoms with Crippen molar-refractivity contribution < 1.29 is 14.0 Å². The number of carbonyl (C=O) groups is 2. The Balaban J connectivity index is 1.67. The van der Waals surface area contributed by atoms with E-state index in [1.165, 1.54) is 11.8 Å². The molecule has 2 amide bonds. The maximum Gasteiger partial charge on any atom is 0.248 e. The molecule has 3 rings (SSSR count). The van der Waals surface area contributed by atoms with E-state index in [-0.39, 0.29) is 5.91 Å². The second-order valence-corrected chi connectivity index (χ2v) is 7.25. The minimum absolute atomic E-state index is 0.184. The van der Waals surface area contributed by atoms with Crippen molar-refractivity contribution in [1.29, 1.82) is 0 Å². The number of carbonyl (C=O) groups excluding carboxylic acids is 2. The molecule has 0 saturated carbocycles. The summed E-state index contributed by atoms with van der Waals surface area (Å²) in [5.41, 5.74) is 7.05. The standard InChI is InChI=1S/C18H19N5O3S/c1-10-14(8-9-26-10)16-21-22-18(23(16)3)27-11(2)17(25)20-13-6-4-12(5-7-13)15(19)24/h4-9,11H,1-3H3,(H2,19,24)(H,20,25)/t11-/m1/s1. The van der Waals surface area contributed by atoms with E-state index < -0.39 is 11.2 Å². The van der Waals surface area contributed by atoms with Crippen molar-refractivity contribution in [3.63, 3.8) is 0 Å². The maximum absolute atomic E-state index is 12.4. The van der Waals surface area contributed by atoms with Gasteiger partial charge >= 0.3 is 0 Å². The first-order valence-corrected chi connectivity index (χ1v) is 9.06. The summed E-state index contributed by atoms with van der Waals surface area (Å²) in [6, 6.07) is 8.24. The highest BCUT2D eigenvalue weighted by Gasteiger charge is 2.20. The Kier molecular flexibility index (Phi) is 5.31. The fraction of sp³-hybridized carbons (Fsp3) is 0.222. The number of rotatable bonds is 6. The SMILES string of the molecule is Cc1occc1-c1nnc(S[C@H](C)C(=O)Nc2ccc(C(N)=O)cc2)n1C. The zero-order chi connectivity index (χ0) is 19.6. The van der Waals surface area contributed by atoms with Gasteiger partial charge in [0.2, 0.25) is 11.8 Å². The number of primary amides is 1. The van der Waals surface area contributed by atoms with Gasteiger partial charge in [0.1, 0.15) is 5.76 Å². The van der Waals surface area contributed by atoms with Crippen LogP contribution in [0.2, 0.25) is 0 Å². The minimum atomic E-state index is -0.511. The minimum Gasteiger partial charge on any atom is -0.469 e. The maximum atomic E-state index is 12.4. The Hall–Kier alpha value is -3.07. The molecular formula is C18H19N5O3S. The van der Waals surface area contributed by atoms with Gasteiger partial charge in [0, 0.05) is 18.3 Å². The number of nitrogens with one attached hydrogen (secondary N) is 1. The molecule has 0 aliphatic carbocycles. The number of nitrogens with two attached hydrogens (primary N) is 1. The number of furan rings is 1. The van der Waals surface area contributed by atoms with E-state index in [1.807, 2.05) is 24.6 Å². The quantitative estimate of drug-likeness (QED) is 0.630. The molecule has 0 aliphatic rings. The average molecular weight is 385 g/mol. The van der Waals surface area contributed by atoms with Gasteiger partial charge in [-0.1, -0.05) is 11.8 Å². The molecule has 9 heteroatoms. The van der Waals surface area contributed by atoms with Crippen LogP contribution in [0.1, 0.15) is 23.0 Å². The van der Waals surface area contributed by atoms with E-state index in [0.29, 0.717) is 22.2 Å². The van der Waals surface area contributed by atoms with Crippen molar-refractivity contribution in [2.45, 2.75) is 24.3 Å². The van der Waals surface area contributed by atoms with Crippen LogP contribution in [-0.2, 0) is 11.8 Å². The first-order valence-electron chi connectivity index (χ1n) is 8.18. The predicted molar refractivity (Wildman–Crippen MR) is 102 cm³/mol. The van der Waals surface area contributed by atoms with Crippen molar-refractivity contribution in [2.24, 2.45) is 12.8 Å². The summed E-state index contributed by atoms with van der Waals surface area (Å²) >= 11 is 1.30. The molecule has 0 fully saturated rings. The molecule has 27 heavy (non-hydrogen) atoms. The highest BCUT2D eigenvalue weighted by molar-refractivity contribution is 8.00. The Labute approximate surface area is 160 Å². The van der Waals surface area contributed by atoms with Gasteiger partial charge < -0.3 is 20.0 Å². The molecule has 0 bridgehead atoms. The van der Waals surface area contributed by atoms with E-state index in [9.17, 15) is 9.59 Å². The zero-order valence-corrected chi connectivity index (χ0v) is 15.9. The van der Waals surface area contributed by atoms with Crippen LogP contribution in [0.3, 0.4) is 0 Å². The third-order valence-electron chi connectivity index (χ3n) is 4.02. The molecule has 0 aliphatic heterocycles. The molecular weight excluding hydrogens is 366 g/mol. The van der Waals surface area contributed by atoms with Crippen molar-refractivity contribution in [3.8, 4) is 11.4 Å². The van der Waals surface area contributed by atoms with Crippen molar-refractivity contribution in [1.82, 2.24) is 14.8 Å². The molecule has 0 radical (unpaired) electrons. The van der Waals surface area contributed by atoms with E-state index in [1.54, 1.807) is 37.5 Å². The van der Waals surface area contributed by atoms with Crippen LogP contribution in [0.4, 0.5) is 5.69 Å². The number of benzene rings is 1. The van der Waals surface area contributed by atoms with Gasteiger partial charge in [-0.15, -0.1) is 10.2 Å². The molecule has 1 aromatic carbocycles. The third kappa shape index (κ3) is 4.03. The van der Waals surface area contributed by atoms with Gasteiger partial charge in [-0.25, -0.2) is 0 Å². The number of hydrogen-bond donors (Lipinski definition) is 2. The molecule has 2 aromatic heterocycles. The summed E-state index contributed by atoms with van der Waals surface area (Å²) in [5, 5.41) is 11.4. The summed E-state index contributed by atoms with van der Waals surface area (Å²) in [7, 11) is 1.84. The molecule has 1 atom stereocenters. The lowest BCUT2D eigenvalue weighted by Crippen LogP contribution is -2.23. The number of aromatic nitrogens is 3. The first kappa shape index (κ1) is 18.7. The van der Waals surface area contributed by atoms with Gasteiger partial charge in [0.25, 0.3) is 0 Å². The number of nitrogens with zero attached hydrogens (tertiary/aromatic N) is 3. The van der Waals surface area contributed by atoms with Crippen LogP contribution >= 0.6 is 11.8 Å². The van der Waals surface area contributed by atoms with Crippen LogP contribution in [0.5, 0.6) is 0 Å². The molecule has 3 N–H and O–H groups in total. The van der Waals surface area contributed by atoms with E-state index in [2.05, 4.69) is 15.5 Å². The first-order chi connectivity index (χ1) is 12.9. The van der Waals surface area contributed by atoms with E-state index in [4.69, 9.17) is 10.2 Å². The molecule has 0 unspecified atom stereocenters. The summed E-state index contributed by atoms with van der Waals surface area (Å²) in [6.07, 6.45) is 1.60. The summed E-state index contributed by atoms with van der Waals surface area (Å²) in [4.78, 5) is 23.5. The van der Waals surface area contributed by atoms with Gasteiger partial charge in [-0.3, -0.25) is 9.59 Å². The molecule has 0 saturated heterocycles. The lowest BCUT2D eigenvalue weighted by atomic mass is 10.2.